The van der Waals surface area contributed by atoms with Gasteiger partial charge in [0, 0.05) is 48.2 Å². The minimum Gasteiger partial charge on any atom is -0.335 e. The summed E-state index contributed by atoms with van der Waals surface area (Å²) in [6, 6.07) is 15.8. The monoisotopic (exact) mass is 541 g/mol. The molecule has 2 aromatic heterocycles. The number of benzene rings is 2. The highest BCUT2D eigenvalue weighted by Gasteiger charge is 2.39. The second kappa shape index (κ2) is 9.14. The normalized spacial score (nSPS) is 18.4. The van der Waals surface area contributed by atoms with E-state index in [1.165, 1.54) is 0 Å². The molecule has 3 aliphatic rings. The molecule has 0 spiro atoms. The second-order valence-electron chi connectivity index (χ2n) is 10.9. The summed E-state index contributed by atoms with van der Waals surface area (Å²) in [5, 5.41) is 9.52. The zero-order chi connectivity index (χ0) is 26.7. The lowest BCUT2D eigenvalue weighted by atomic mass is 10.0. The van der Waals surface area contributed by atoms with Gasteiger partial charge in [-0.15, -0.1) is 5.10 Å². The van der Waals surface area contributed by atoms with Gasteiger partial charge >= 0.3 is 0 Å². The van der Waals surface area contributed by atoms with Crippen molar-refractivity contribution in [3.63, 3.8) is 0 Å². The van der Waals surface area contributed by atoms with Crippen molar-refractivity contribution in [1.29, 1.82) is 0 Å². The van der Waals surface area contributed by atoms with Gasteiger partial charge in [-0.05, 0) is 49.4 Å². The molecule has 0 radical (unpaired) electrons. The highest BCUT2D eigenvalue weighted by molar-refractivity contribution is 6.35. The Morgan fingerprint density at radius 3 is 2.28 bits per heavy atom. The van der Waals surface area contributed by atoms with Crippen LogP contribution in [0.1, 0.15) is 58.1 Å². The lowest BCUT2D eigenvalue weighted by Gasteiger charge is -2.34. The summed E-state index contributed by atoms with van der Waals surface area (Å²) in [4.78, 5) is 34.6. The molecule has 2 aromatic carbocycles. The molecule has 7 rings (SSSR count). The molecule has 9 nitrogen and oxygen atoms in total. The average Bonchev–Trinajstić information content (AvgIpc) is 3.91. The fraction of sp³-hybridized carbons (Fsp3) is 0.345. The molecule has 4 aromatic rings. The van der Waals surface area contributed by atoms with Crippen molar-refractivity contribution in [3.05, 3.63) is 76.6 Å². The Kier molecular flexibility index (Phi) is 5.68. The molecule has 0 unspecified atom stereocenters. The molecule has 2 amide bonds. The third-order valence-corrected chi connectivity index (χ3v) is 8.37. The summed E-state index contributed by atoms with van der Waals surface area (Å²) in [7, 11) is 0. The number of piperazine rings is 1. The van der Waals surface area contributed by atoms with Crippen LogP contribution < -0.4 is 5.73 Å². The number of aromatic nitrogens is 4. The van der Waals surface area contributed by atoms with E-state index in [9.17, 15) is 9.59 Å². The summed E-state index contributed by atoms with van der Waals surface area (Å²) >= 11 is 6.62. The number of fused-ring (bicyclic) bond motifs is 1. The molecule has 10 heteroatoms. The summed E-state index contributed by atoms with van der Waals surface area (Å²) < 4.78 is 1.77. The van der Waals surface area contributed by atoms with Crippen molar-refractivity contribution in [2.45, 2.75) is 37.3 Å². The van der Waals surface area contributed by atoms with Crippen molar-refractivity contribution >= 4 is 34.3 Å². The van der Waals surface area contributed by atoms with Crippen LogP contribution in [0.25, 0.3) is 22.2 Å². The van der Waals surface area contributed by atoms with Crippen LogP contribution in [0.3, 0.4) is 0 Å². The fourth-order valence-corrected chi connectivity index (χ4v) is 5.48. The molecule has 2 saturated carbocycles. The van der Waals surface area contributed by atoms with E-state index in [-0.39, 0.29) is 17.4 Å². The molecule has 3 fully saturated rings. The van der Waals surface area contributed by atoms with Crippen LogP contribution in [-0.2, 0) is 5.54 Å². The Hall–Kier alpha value is -3.82. The zero-order valence-corrected chi connectivity index (χ0v) is 22.1. The van der Waals surface area contributed by atoms with Gasteiger partial charge in [0.25, 0.3) is 11.8 Å². The van der Waals surface area contributed by atoms with Gasteiger partial charge in [-0.2, -0.15) is 0 Å². The first-order valence-electron chi connectivity index (χ1n) is 13.4. The largest absolute Gasteiger partial charge is 0.335 e. The van der Waals surface area contributed by atoms with Gasteiger partial charge in [0.15, 0.2) is 5.69 Å². The van der Waals surface area contributed by atoms with E-state index in [0.29, 0.717) is 54.0 Å². The van der Waals surface area contributed by atoms with Crippen LogP contribution in [0.5, 0.6) is 0 Å². The number of nitrogens with zero attached hydrogens (tertiary/aromatic N) is 6. The number of pyridine rings is 1. The van der Waals surface area contributed by atoms with Crippen LogP contribution in [0.4, 0.5) is 0 Å². The molecule has 1 saturated heterocycles. The van der Waals surface area contributed by atoms with E-state index in [4.69, 9.17) is 22.3 Å². The number of carbonyl (C=O) groups excluding carboxylic acids is 2. The average molecular weight is 542 g/mol. The number of rotatable bonds is 5. The summed E-state index contributed by atoms with van der Waals surface area (Å²) in [6.45, 7) is 1.79. The number of carbonyl (C=O) groups is 2. The Morgan fingerprint density at radius 1 is 0.923 bits per heavy atom. The van der Waals surface area contributed by atoms with E-state index < -0.39 is 0 Å². The molecule has 0 atom stereocenters. The summed E-state index contributed by atoms with van der Waals surface area (Å²) in [5.74, 6) is -0.230. The molecular weight excluding hydrogens is 514 g/mol. The predicted molar refractivity (Wildman–Crippen MR) is 147 cm³/mol. The number of halogens is 1. The molecule has 1 aliphatic heterocycles. The van der Waals surface area contributed by atoms with Crippen molar-refractivity contribution < 1.29 is 9.59 Å². The third-order valence-electron chi connectivity index (χ3n) is 8.06. The first kappa shape index (κ1) is 24.2. The van der Waals surface area contributed by atoms with Crippen molar-refractivity contribution in [2.24, 2.45) is 5.73 Å². The molecule has 3 heterocycles. The third kappa shape index (κ3) is 4.55. The Balaban J connectivity index is 1.06. The number of hydrogen-bond acceptors (Lipinski definition) is 6. The van der Waals surface area contributed by atoms with Gasteiger partial charge in [-0.3, -0.25) is 9.59 Å². The number of hydrogen-bond donors (Lipinski definition) is 1. The first-order chi connectivity index (χ1) is 18.9. The zero-order valence-electron chi connectivity index (χ0n) is 21.4. The Morgan fingerprint density at radius 2 is 1.62 bits per heavy atom. The standard InChI is InChI=1S/C29H28ClN7O2/c30-23-16-24(18-1-4-20(5-2-18)29(31)9-10-29)32-25-15-19(3-8-22(23)25)27(38)35-11-13-36(14-12-35)28(39)26-17-37(34-33-26)21-6-7-21/h1-5,8,15-17,21H,6-7,9-14,31H2. The van der Waals surface area contributed by atoms with E-state index in [2.05, 4.69) is 22.4 Å². The van der Waals surface area contributed by atoms with Crippen LogP contribution >= 0.6 is 11.6 Å². The van der Waals surface area contributed by atoms with E-state index in [1.807, 2.05) is 24.3 Å². The topological polar surface area (TPSA) is 110 Å². The maximum atomic E-state index is 13.4. The lowest BCUT2D eigenvalue weighted by Crippen LogP contribution is -2.50. The summed E-state index contributed by atoms with van der Waals surface area (Å²) in [5.41, 5.74) is 10.5. The van der Waals surface area contributed by atoms with Crippen LogP contribution in [0.15, 0.2) is 54.7 Å². The van der Waals surface area contributed by atoms with E-state index >= 15 is 0 Å². The molecule has 39 heavy (non-hydrogen) atoms. The van der Waals surface area contributed by atoms with Gasteiger partial charge in [-0.1, -0.05) is 47.1 Å². The smallest absolute Gasteiger partial charge is 0.276 e. The van der Waals surface area contributed by atoms with E-state index in [1.54, 1.807) is 32.8 Å². The van der Waals surface area contributed by atoms with Crippen molar-refractivity contribution in [1.82, 2.24) is 29.8 Å². The quantitative estimate of drug-likeness (QED) is 0.408. The minimum atomic E-state index is -0.183. The van der Waals surface area contributed by atoms with Crippen LogP contribution in [0.2, 0.25) is 5.02 Å². The van der Waals surface area contributed by atoms with Crippen LogP contribution in [0, 0.1) is 0 Å². The Bertz CT molecular complexity index is 1600. The number of amides is 2. The molecule has 198 valence electrons. The highest BCUT2D eigenvalue weighted by atomic mass is 35.5. The van der Waals surface area contributed by atoms with Gasteiger partial charge in [0.2, 0.25) is 0 Å². The van der Waals surface area contributed by atoms with Gasteiger partial charge in [0.05, 0.1) is 28.5 Å². The minimum absolute atomic E-state index is 0.0889. The lowest BCUT2D eigenvalue weighted by molar-refractivity contribution is 0.0532. The molecular formula is C29H28ClN7O2. The SMILES string of the molecule is NC1(c2ccc(-c3cc(Cl)c4ccc(C(=O)N5CCN(C(=O)c6cn(C7CC7)nn6)CC5)cc4n3)cc2)CC1. The first-order valence-corrected chi connectivity index (χ1v) is 13.8. The van der Waals surface area contributed by atoms with Gasteiger partial charge < -0.3 is 15.5 Å². The maximum absolute atomic E-state index is 13.4. The highest BCUT2D eigenvalue weighted by Crippen LogP contribution is 2.43. The van der Waals surface area contributed by atoms with Crippen molar-refractivity contribution in [2.75, 3.05) is 26.2 Å². The summed E-state index contributed by atoms with van der Waals surface area (Å²) in [6.07, 6.45) is 5.92. The molecule has 2 aliphatic carbocycles. The van der Waals surface area contributed by atoms with Crippen molar-refractivity contribution in [3.8, 4) is 11.3 Å². The number of nitrogens with two attached hydrogens (primary N) is 1. The molecule has 0 bridgehead atoms. The van der Waals surface area contributed by atoms with Gasteiger partial charge in [0.1, 0.15) is 0 Å². The van der Waals surface area contributed by atoms with Crippen LogP contribution in [-0.4, -0.2) is 67.8 Å². The molecule has 2 N–H and O–H groups in total. The van der Waals surface area contributed by atoms with Gasteiger partial charge in [-0.25, -0.2) is 9.67 Å². The maximum Gasteiger partial charge on any atom is 0.276 e. The Labute approximate surface area is 230 Å². The second-order valence-corrected chi connectivity index (χ2v) is 11.3. The van der Waals surface area contributed by atoms with E-state index in [0.717, 1.165) is 47.9 Å². The predicted octanol–water partition coefficient (Wildman–Crippen LogP) is 4.03. The fourth-order valence-electron chi connectivity index (χ4n) is 5.21.